The highest BCUT2D eigenvalue weighted by atomic mass is 15.3. The minimum atomic E-state index is 0.137. The quantitative estimate of drug-likeness (QED) is 0.379. The molecule has 0 saturated heterocycles. The van der Waals surface area contributed by atoms with Crippen LogP contribution in [-0.4, -0.2) is 33.0 Å². The van der Waals surface area contributed by atoms with E-state index in [1.807, 2.05) is 60.5 Å². The Balaban J connectivity index is 1.51. The molecule has 0 amide bonds. The zero-order valence-corrected chi connectivity index (χ0v) is 18.8. The van der Waals surface area contributed by atoms with Crippen molar-refractivity contribution in [1.29, 1.82) is 0 Å². The Hall–Kier alpha value is -4.04. The standard InChI is InChI=1S/C25H28N8/c1-17(13-18-7-6-8-19(14-18)16-26)29-25-28-12-11-22(32-25)33(2)23-15-21(27)30-24(31-23)20-9-4-3-5-10-20/h3-12,14-15,17H,13,16,26H2,1-2H3,(H2,27,30,31)(H,28,29,32)/t17-/m1/s1. The monoisotopic (exact) mass is 440 g/mol. The van der Waals surface area contributed by atoms with E-state index >= 15 is 0 Å². The van der Waals surface area contributed by atoms with Crippen molar-refractivity contribution in [2.24, 2.45) is 5.73 Å². The number of nitrogen functional groups attached to an aromatic ring is 1. The SMILES string of the molecule is C[C@H](Cc1cccc(CN)c1)Nc1nccc(N(C)c2cc(N)nc(-c3ccccc3)n2)n1. The molecule has 2 aromatic carbocycles. The van der Waals surface area contributed by atoms with Gasteiger partial charge in [0.1, 0.15) is 17.5 Å². The lowest BCUT2D eigenvalue weighted by Gasteiger charge is -2.20. The highest BCUT2D eigenvalue weighted by Gasteiger charge is 2.13. The fourth-order valence-corrected chi connectivity index (χ4v) is 3.57. The first-order chi connectivity index (χ1) is 16.0. The van der Waals surface area contributed by atoms with Crippen LogP contribution in [0.4, 0.5) is 23.4 Å². The number of nitrogens with two attached hydrogens (primary N) is 2. The molecular formula is C25H28N8. The zero-order valence-electron chi connectivity index (χ0n) is 18.8. The topological polar surface area (TPSA) is 119 Å². The maximum absolute atomic E-state index is 6.07. The summed E-state index contributed by atoms with van der Waals surface area (Å²) in [6, 6.07) is 21.8. The molecule has 168 valence electrons. The van der Waals surface area contributed by atoms with Crippen LogP contribution >= 0.6 is 0 Å². The van der Waals surface area contributed by atoms with E-state index in [0.29, 0.717) is 35.8 Å². The summed E-state index contributed by atoms with van der Waals surface area (Å²) in [5.74, 6) is 2.86. The molecule has 2 heterocycles. The van der Waals surface area contributed by atoms with Gasteiger partial charge in [-0.2, -0.15) is 4.98 Å². The Morgan fingerprint density at radius 1 is 0.909 bits per heavy atom. The summed E-state index contributed by atoms with van der Waals surface area (Å²) >= 11 is 0. The van der Waals surface area contributed by atoms with Crippen LogP contribution < -0.4 is 21.7 Å². The number of nitrogens with one attached hydrogen (secondary N) is 1. The van der Waals surface area contributed by atoms with Crippen LogP contribution in [0.5, 0.6) is 0 Å². The zero-order chi connectivity index (χ0) is 23.2. The maximum Gasteiger partial charge on any atom is 0.224 e. The first kappa shape index (κ1) is 22.2. The third kappa shape index (κ3) is 5.61. The van der Waals surface area contributed by atoms with Crippen molar-refractivity contribution in [3.8, 4) is 11.4 Å². The van der Waals surface area contributed by atoms with Gasteiger partial charge in [-0.25, -0.2) is 15.0 Å². The minimum absolute atomic E-state index is 0.137. The molecule has 0 fully saturated rings. The molecule has 0 unspecified atom stereocenters. The number of hydrogen-bond acceptors (Lipinski definition) is 8. The molecule has 0 aliphatic carbocycles. The van der Waals surface area contributed by atoms with E-state index in [0.717, 1.165) is 17.5 Å². The molecule has 0 aliphatic heterocycles. The number of benzene rings is 2. The smallest absolute Gasteiger partial charge is 0.224 e. The molecule has 33 heavy (non-hydrogen) atoms. The third-order valence-electron chi connectivity index (χ3n) is 5.24. The van der Waals surface area contributed by atoms with Crippen molar-refractivity contribution in [2.75, 3.05) is 23.0 Å². The molecule has 0 spiro atoms. The van der Waals surface area contributed by atoms with Crippen molar-refractivity contribution in [3.63, 3.8) is 0 Å². The Kier molecular flexibility index (Phi) is 6.75. The van der Waals surface area contributed by atoms with Gasteiger partial charge >= 0.3 is 0 Å². The molecule has 0 bridgehead atoms. The van der Waals surface area contributed by atoms with Gasteiger partial charge in [-0.3, -0.25) is 0 Å². The minimum Gasteiger partial charge on any atom is -0.384 e. The first-order valence-corrected chi connectivity index (χ1v) is 10.8. The Morgan fingerprint density at radius 3 is 2.48 bits per heavy atom. The molecule has 0 saturated carbocycles. The van der Waals surface area contributed by atoms with E-state index in [9.17, 15) is 0 Å². The number of aromatic nitrogens is 4. The van der Waals surface area contributed by atoms with Crippen LogP contribution in [-0.2, 0) is 13.0 Å². The Morgan fingerprint density at radius 2 is 1.70 bits per heavy atom. The van der Waals surface area contributed by atoms with Gasteiger partial charge in [0.15, 0.2) is 5.82 Å². The average Bonchev–Trinajstić information content (AvgIpc) is 2.84. The fraction of sp³-hybridized carbons (Fsp3) is 0.200. The summed E-state index contributed by atoms with van der Waals surface area (Å²) in [6.45, 7) is 2.64. The molecule has 4 rings (SSSR count). The highest BCUT2D eigenvalue weighted by Crippen LogP contribution is 2.25. The predicted molar refractivity (Wildman–Crippen MR) is 133 cm³/mol. The summed E-state index contributed by atoms with van der Waals surface area (Å²) in [6.07, 6.45) is 2.56. The predicted octanol–water partition coefficient (Wildman–Crippen LogP) is 3.79. The van der Waals surface area contributed by atoms with Gasteiger partial charge in [-0.15, -0.1) is 0 Å². The van der Waals surface area contributed by atoms with Gasteiger partial charge in [0.2, 0.25) is 5.95 Å². The Labute approximate surface area is 193 Å². The van der Waals surface area contributed by atoms with Crippen LogP contribution in [0.25, 0.3) is 11.4 Å². The van der Waals surface area contributed by atoms with Crippen molar-refractivity contribution in [1.82, 2.24) is 19.9 Å². The lowest BCUT2D eigenvalue weighted by Crippen LogP contribution is -2.21. The summed E-state index contributed by atoms with van der Waals surface area (Å²) in [5.41, 5.74) is 15.1. The van der Waals surface area contributed by atoms with Crippen LogP contribution in [0.15, 0.2) is 72.9 Å². The second kappa shape index (κ2) is 10.1. The fourth-order valence-electron chi connectivity index (χ4n) is 3.57. The molecule has 0 aliphatic rings. The van der Waals surface area contributed by atoms with E-state index in [2.05, 4.69) is 44.3 Å². The van der Waals surface area contributed by atoms with Crippen LogP contribution in [0.2, 0.25) is 0 Å². The number of anilines is 4. The van der Waals surface area contributed by atoms with Gasteiger partial charge in [0.05, 0.1) is 0 Å². The molecule has 1 atom stereocenters. The lowest BCUT2D eigenvalue weighted by atomic mass is 10.0. The molecule has 4 aromatic rings. The molecule has 8 nitrogen and oxygen atoms in total. The van der Waals surface area contributed by atoms with Gasteiger partial charge in [-0.05, 0) is 30.5 Å². The van der Waals surface area contributed by atoms with Crippen molar-refractivity contribution in [3.05, 3.63) is 84.1 Å². The summed E-state index contributed by atoms with van der Waals surface area (Å²) in [7, 11) is 1.89. The van der Waals surface area contributed by atoms with Crippen molar-refractivity contribution in [2.45, 2.75) is 25.9 Å². The number of rotatable bonds is 8. The summed E-state index contributed by atoms with van der Waals surface area (Å²) in [5, 5.41) is 3.39. The maximum atomic E-state index is 6.07. The third-order valence-corrected chi connectivity index (χ3v) is 5.24. The van der Waals surface area contributed by atoms with E-state index in [-0.39, 0.29) is 6.04 Å². The van der Waals surface area contributed by atoms with Crippen molar-refractivity contribution < 1.29 is 0 Å². The summed E-state index contributed by atoms with van der Waals surface area (Å²) in [4.78, 5) is 20.0. The van der Waals surface area contributed by atoms with E-state index in [1.54, 1.807) is 12.3 Å². The van der Waals surface area contributed by atoms with Gasteiger partial charge in [0.25, 0.3) is 0 Å². The number of hydrogen-bond donors (Lipinski definition) is 3. The Bertz CT molecular complexity index is 1210. The number of nitrogens with zero attached hydrogens (tertiary/aromatic N) is 5. The molecule has 5 N–H and O–H groups in total. The normalized spacial score (nSPS) is 11.7. The molecule has 0 radical (unpaired) electrons. The van der Waals surface area contributed by atoms with Gasteiger partial charge in [-0.1, -0.05) is 54.6 Å². The molecule has 2 aromatic heterocycles. The van der Waals surface area contributed by atoms with Gasteiger partial charge in [0, 0.05) is 37.5 Å². The largest absolute Gasteiger partial charge is 0.384 e. The summed E-state index contributed by atoms with van der Waals surface area (Å²) < 4.78 is 0. The average molecular weight is 441 g/mol. The van der Waals surface area contributed by atoms with Crippen LogP contribution in [0.3, 0.4) is 0 Å². The lowest BCUT2D eigenvalue weighted by molar-refractivity contribution is 0.775. The van der Waals surface area contributed by atoms with Crippen molar-refractivity contribution >= 4 is 23.4 Å². The van der Waals surface area contributed by atoms with E-state index in [1.165, 1.54) is 5.56 Å². The second-order valence-corrected chi connectivity index (χ2v) is 7.91. The van der Waals surface area contributed by atoms with Crippen LogP contribution in [0.1, 0.15) is 18.1 Å². The highest BCUT2D eigenvalue weighted by molar-refractivity contribution is 5.64. The molecule has 8 heteroatoms. The van der Waals surface area contributed by atoms with E-state index in [4.69, 9.17) is 11.5 Å². The second-order valence-electron chi connectivity index (χ2n) is 7.91. The van der Waals surface area contributed by atoms with Gasteiger partial charge < -0.3 is 21.7 Å². The molecular weight excluding hydrogens is 412 g/mol. The van der Waals surface area contributed by atoms with Crippen LogP contribution in [0, 0.1) is 0 Å². The first-order valence-electron chi connectivity index (χ1n) is 10.8. The van der Waals surface area contributed by atoms with E-state index < -0.39 is 0 Å².